The Morgan fingerprint density at radius 1 is 1.33 bits per heavy atom. The zero-order valence-electron chi connectivity index (χ0n) is 10.5. The predicted octanol–water partition coefficient (Wildman–Crippen LogP) is 4.46. The van der Waals surface area contributed by atoms with E-state index in [1.54, 1.807) is 12.1 Å². The molecule has 0 aliphatic heterocycles. The van der Waals surface area contributed by atoms with Crippen LogP contribution in [0.2, 0.25) is 0 Å². The summed E-state index contributed by atoms with van der Waals surface area (Å²) in [5.74, 6) is 0.568. The van der Waals surface area contributed by atoms with Gasteiger partial charge in [0, 0.05) is 0 Å². The zero-order valence-corrected chi connectivity index (χ0v) is 12.1. The van der Waals surface area contributed by atoms with Gasteiger partial charge in [-0.3, -0.25) is 0 Å². The first kappa shape index (κ1) is 14.0. The zero-order chi connectivity index (χ0) is 13.0. The molecule has 0 heterocycles. The van der Waals surface area contributed by atoms with Crippen molar-refractivity contribution in [1.82, 2.24) is 0 Å². The number of benzene rings is 1. The summed E-state index contributed by atoms with van der Waals surface area (Å²) in [6, 6.07) is 4.95. The fourth-order valence-corrected chi connectivity index (χ4v) is 3.19. The van der Waals surface area contributed by atoms with Crippen molar-refractivity contribution in [3.63, 3.8) is 0 Å². The van der Waals surface area contributed by atoms with Crippen LogP contribution in [0.1, 0.15) is 44.1 Å². The third kappa shape index (κ3) is 4.06. The van der Waals surface area contributed by atoms with Crippen LogP contribution in [-0.4, -0.2) is 11.2 Å². The van der Waals surface area contributed by atoms with Gasteiger partial charge >= 0.3 is 0 Å². The monoisotopic (exact) mass is 314 g/mol. The third-order valence-electron chi connectivity index (χ3n) is 3.84. The van der Waals surface area contributed by atoms with Crippen LogP contribution in [0.25, 0.3) is 0 Å². The van der Waals surface area contributed by atoms with Crippen molar-refractivity contribution in [3.8, 4) is 0 Å². The first-order valence-corrected chi connectivity index (χ1v) is 7.56. The summed E-state index contributed by atoms with van der Waals surface area (Å²) >= 11 is 3.17. The van der Waals surface area contributed by atoms with E-state index in [1.807, 2.05) is 0 Å². The molecule has 100 valence electrons. The molecule has 1 saturated carbocycles. The van der Waals surface area contributed by atoms with Gasteiger partial charge in [-0.1, -0.05) is 31.7 Å². The average molecular weight is 315 g/mol. The summed E-state index contributed by atoms with van der Waals surface area (Å²) in [5, 5.41) is 10.0. The number of aliphatic hydroxyl groups is 1. The van der Waals surface area contributed by atoms with Crippen LogP contribution in [0.4, 0.5) is 4.39 Å². The highest BCUT2D eigenvalue weighted by atomic mass is 79.9. The lowest BCUT2D eigenvalue weighted by Gasteiger charge is -2.14. The van der Waals surface area contributed by atoms with Crippen molar-refractivity contribution < 1.29 is 9.50 Å². The summed E-state index contributed by atoms with van der Waals surface area (Å²) in [6.45, 7) is 0. The Balaban J connectivity index is 1.78. The molecule has 0 spiro atoms. The number of hydrogen-bond donors (Lipinski definition) is 1. The van der Waals surface area contributed by atoms with E-state index in [4.69, 9.17) is 0 Å². The summed E-state index contributed by atoms with van der Waals surface area (Å²) in [6.07, 6.45) is 7.67. The molecule has 0 amide bonds. The van der Waals surface area contributed by atoms with E-state index in [0.717, 1.165) is 24.3 Å². The first-order chi connectivity index (χ1) is 8.65. The maximum absolute atomic E-state index is 13.1. The second kappa shape index (κ2) is 6.67. The van der Waals surface area contributed by atoms with Gasteiger partial charge in [0.25, 0.3) is 0 Å². The molecule has 0 saturated heterocycles. The Morgan fingerprint density at radius 2 is 2.06 bits per heavy atom. The first-order valence-electron chi connectivity index (χ1n) is 6.77. The summed E-state index contributed by atoms with van der Waals surface area (Å²) in [7, 11) is 0. The quantitative estimate of drug-likeness (QED) is 0.850. The molecular formula is C15H20BrFO. The Labute approximate surface area is 117 Å². The molecule has 1 aliphatic carbocycles. The van der Waals surface area contributed by atoms with Crippen LogP contribution in [0.3, 0.4) is 0 Å². The Bertz CT molecular complexity index is 388. The molecular weight excluding hydrogens is 295 g/mol. The molecule has 0 radical (unpaired) electrons. The molecule has 1 unspecified atom stereocenters. The number of halogens is 2. The van der Waals surface area contributed by atoms with Gasteiger partial charge in [0.1, 0.15) is 5.82 Å². The van der Waals surface area contributed by atoms with Crippen molar-refractivity contribution in [2.75, 3.05) is 0 Å². The van der Waals surface area contributed by atoms with Gasteiger partial charge in [0.05, 0.1) is 10.6 Å². The van der Waals surface area contributed by atoms with Crippen LogP contribution < -0.4 is 0 Å². The van der Waals surface area contributed by atoms with E-state index in [1.165, 1.54) is 31.7 Å². The van der Waals surface area contributed by atoms with Crippen molar-refractivity contribution in [2.45, 2.75) is 51.0 Å². The second-order valence-corrected chi connectivity index (χ2v) is 6.19. The van der Waals surface area contributed by atoms with Crippen LogP contribution in [-0.2, 0) is 6.42 Å². The fraction of sp³-hybridized carbons (Fsp3) is 0.600. The highest BCUT2D eigenvalue weighted by molar-refractivity contribution is 9.10. The maximum Gasteiger partial charge on any atom is 0.137 e. The van der Waals surface area contributed by atoms with Gasteiger partial charge in [-0.25, -0.2) is 4.39 Å². The van der Waals surface area contributed by atoms with Gasteiger partial charge in [-0.15, -0.1) is 0 Å². The van der Waals surface area contributed by atoms with Gasteiger partial charge in [-0.05, 0) is 58.8 Å². The van der Waals surface area contributed by atoms with Crippen molar-refractivity contribution in [1.29, 1.82) is 0 Å². The molecule has 1 atom stereocenters. The molecule has 1 fully saturated rings. The predicted molar refractivity (Wildman–Crippen MR) is 75.0 cm³/mol. The van der Waals surface area contributed by atoms with E-state index >= 15 is 0 Å². The largest absolute Gasteiger partial charge is 0.393 e. The number of hydrogen-bond acceptors (Lipinski definition) is 1. The lowest BCUT2D eigenvalue weighted by Crippen LogP contribution is -2.12. The highest BCUT2D eigenvalue weighted by Crippen LogP contribution is 2.29. The molecule has 0 bridgehead atoms. The van der Waals surface area contributed by atoms with E-state index in [2.05, 4.69) is 15.9 Å². The van der Waals surface area contributed by atoms with E-state index in [-0.39, 0.29) is 11.9 Å². The van der Waals surface area contributed by atoms with E-state index in [0.29, 0.717) is 10.9 Å². The molecule has 1 N–H and O–H groups in total. The summed E-state index contributed by atoms with van der Waals surface area (Å²) < 4.78 is 13.6. The molecule has 1 aromatic rings. The smallest absolute Gasteiger partial charge is 0.137 e. The van der Waals surface area contributed by atoms with Crippen molar-refractivity contribution in [3.05, 3.63) is 34.1 Å². The van der Waals surface area contributed by atoms with Gasteiger partial charge in [0.2, 0.25) is 0 Å². The Hall–Kier alpha value is -0.410. The van der Waals surface area contributed by atoms with Crippen LogP contribution in [0.5, 0.6) is 0 Å². The van der Waals surface area contributed by atoms with E-state index < -0.39 is 0 Å². The van der Waals surface area contributed by atoms with Gasteiger partial charge in [0.15, 0.2) is 0 Å². The fourth-order valence-electron chi connectivity index (χ4n) is 2.77. The third-order valence-corrected chi connectivity index (χ3v) is 4.45. The summed E-state index contributed by atoms with van der Waals surface area (Å²) in [5.41, 5.74) is 0.988. The molecule has 3 heteroatoms. The molecule has 1 aromatic carbocycles. The summed E-state index contributed by atoms with van der Waals surface area (Å²) in [4.78, 5) is 0. The van der Waals surface area contributed by atoms with Gasteiger partial charge < -0.3 is 5.11 Å². The number of rotatable bonds is 5. The number of aliphatic hydroxyl groups excluding tert-OH is 1. The van der Waals surface area contributed by atoms with Crippen molar-refractivity contribution >= 4 is 15.9 Å². The molecule has 1 nitrogen and oxygen atoms in total. The Morgan fingerprint density at radius 3 is 2.72 bits per heavy atom. The molecule has 2 rings (SSSR count). The van der Waals surface area contributed by atoms with Crippen molar-refractivity contribution in [2.24, 2.45) is 5.92 Å². The lowest BCUT2D eigenvalue weighted by atomic mass is 9.97. The normalized spacial score (nSPS) is 18.2. The maximum atomic E-state index is 13.1. The van der Waals surface area contributed by atoms with E-state index in [9.17, 15) is 9.50 Å². The topological polar surface area (TPSA) is 20.2 Å². The second-order valence-electron chi connectivity index (χ2n) is 5.33. The van der Waals surface area contributed by atoms with Crippen LogP contribution >= 0.6 is 15.9 Å². The average Bonchev–Trinajstić information content (AvgIpc) is 2.84. The highest BCUT2D eigenvalue weighted by Gasteiger charge is 2.16. The standard InChI is InChI=1S/C15H20BrFO/c16-14-10-12(6-8-15(14)17)9-13(18)7-5-11-3-1-2-4-11/h6,8,10-11,13,18H,1-5,7,9H2. The Kier molecular flexibility index (Phi) is 5.19. The molecule has 18 heavy (non-hydrogen) atoms. The minimum Gasteiger partial charge on any atom is -0.393 e. The molecule has 0 aromatic heterocycles. The lowest BCUT2D eigenvalue weighted by molar-refractivity contribution is 0.155. The van der Waals surface area contributed by atoms with Crippen LogP contribution in [0, 0.1) is 11.7 Å². The molecule has 1 aliphatic rings. The SMILES string of the molecule is OC(CCC1CCCC1)Cc1ccc(F)c(Br)c1. The minimum absolute atomic E-state index is 0.251. The van der Waals surface area contributed by atoms with Crippen LogP contribution in [0.15, 0.2) is 22.7 Å². The van der Waals surface area contributed by atoms with Gasteiger partial charge in [-0.2, -0.15) is 0 Å². The minimum atomic E-state index is -0.303.